The number of rotatable bonds is 7. The highest BCUT2D eigenvalue weighted by molar-refractivity contribution is 5.81. The van der Waals surface area contributed by atoms with Crippen LogP contribution in [0.1, 0.15) is 49.8 Å². The maximum absolute atomic E-state index is 13.4. The average molecular weight is 425 g/mol. The number of quaternary nitrogens is 1. The topological polar surface area (TPSA) is 72.3 Å². The molecule has 2 unspecified atom stereocenters. The van der Waals surface area contributed by atoms with E-state index in [0.29, 0.717) is 5.56 Å². The van der Waals surface area contributed by atoms with Crippen LogP contribution in [-0.4, -0.2) is 58.3 Å². The van der Waals surface area contributed by atoms with Crippen molar-refractivity contribution in [2.24, 2.45) is 5.92 Å². The average Bonchev–Trinajstić information content (AvgIpc) is 3.34. The lowest BCUT2D eigenvalue weighted by Crippen LogP contribution is -2.56. The fraction of sp³-hybridized carbons (Fsp3) is 0.560. The van der Waals surface area contributed by atoms with E-state index >= 15 is 0 Å². The SMILES string of the molecule is C[N@+]1(CCc2cnccn2)CCCC(OC(=O)C(O)(c2ccccc2)C2CCCC2)C1. The normalized spacial score (nSPS) is 26.3. The Morgan fingerprint density at radius 2 is 1.94 bits per heavy atom. The summed E-state index contributed by atoms with van der Waals surface area (Å²) < 4.78 is 6.87. The summed E-state index contributed by atoms with van der Waals surface area (Å²) in [5, 5.41) is 11.7. The van der Waals surface area contributed by atoms with Crippen LogP contribution in [0.25, 0.3) is 0 Å². The van der Waals surface area contributed by atoms with E-state index in [1.807, 2.05) is 36.5 Å². The summed E-state index contributed by atoms with van der Waals surface area (Å²) in [5.74, 6) is -0.554. The molecule has 1 aromatic heterocycles. The number of carbonyl (C=O) groups excluding carboxylic acids is 1. The van der Waals surface area contributed by atoms with Crippen LogP contribution in [0.2, 0.25) is 0 Å². The van der Waals surface area contributed by atoms with Crippen molar-refractivity contribution >= 4 is 5.97 Å². The Bertz CT molecular complexity index is 857. The summed E-state index contributed by atoms with van der Waals surface area (Å²) in [4.78, 5) is 21.9. The molecule has 0 radical (unpaired) electrons. The van der Waals surface area contributed by atoms with Crippen LogP contribution in [-0.2, 0) is 21.6 Å². The molecule has 2 heterocycles. The molecule has 0 spiro atoms. The minimum atomic E-state index is -1.56. The molecule has 0 bridgehead atoms. The van der Waals surface area contributed by atoms with E-state index < -0.39 is 11.6 Å². The second-order valence-electron chi connectivity index (χ2n) is 9.48. The van der Waals surface area contributed by atoms with Crippen molar-refractivity contribution in [1.82, 2.24) is 9.97 Å². The Balaban J connectivity index is 1.44. The second-order valence-corrected chi connectivity index (χ2v) is 9.48. The Kier molecular flexibility index (Phi) is 6.68. The fourth-order valence-electron chi connectivity index (χ4n) is 5.31. The molecule has 1 aromatic carbocycles. The first kappa shape index (κ1) is 21.9. The van der Waals surface area contributed by atoms with E-state index in [9.17, 15) is 9.90 Å². The predicted molar refractivity (Wildman–Crippen MR) is 118 cm³/mol. The third kappa shape index (κ3) is 4.96. The number of likely N-dealkylation sites (tertiary alicyclic amines) is 1. The van der Waals surface area contributed by atoms with Gasteiger partial charge >= 0.3 is 5.97 Å². The number of nitrogens with zero attached hydrogens (tertiary/aromatic N) is 3. The highest BCUT2D eigenvalue weighted by atomic mass is 16.6. The molecule has 31 heavy (non-hydrogen) atoms. The molecular weight excluding hydrogens is 390 g/mol. The molecule has 166 valence electrons. The largest absolute Gasteiger partial charge is 0.454 e. The zero-order valence-corrected chi connectivity index (χ0v) is 18.4. The summed E-state index contributed by atoms with van der Waals surface area (Å²) in [6.45, 7) is 2.75. The number of likely N-dealkylation sites (N-methyl/N-ethyl adjacent to an activating group) is 1. The minimum absolute atomic E-state index is 0.0801. The molecule has 2 fully saturated rings. The summed E-state index contributed by atoms with van der Waals surface area (Å²) in [5.41, 5.74) is 0.0846. The second kappa shape index (κ2) is 9.45. The first-order chi connectivity index (χ1) is 15.0. The van der Waals surface area contributed by atoms with Gasteiger partial charge in [0.25, 0.3) is 0 Å². The van der Waals surface area contributed by atoms with Gasteiger partial charge in [-0.2, -0.15) is 0 Å². The number of carbonyl (C=O) groups is 1. The van der Waals surface area contributed by atoms with Crippen molar-refractivity contribution in [2.45, 2.75) is 56.7 Å². The van der Waals surface area contributed by atoms with Crippen molar-refractivity contribution in [1.29, 1.82) is 0 Å². The van der Waals surface area contributed by atoms with Gasteiger partial charge in [0.15, 0.2) is 11.7 Å². The van der Waals surface area contributed by atoms with E-state index in [0.717, 1.165) is 74.8 Å². The van der Waals surface area contributed by atoms with Crippen LogP contribution < -0.4 is 0 Å². The summed E-state index contributed by atoms with van der Waals surface area (Å²) in [7, 11) is 2.22. The number of hydrogen-bond donors (Lipinski definition) is 1. The molecule has 0 amide bonds. The van der Waals surface area contributed by atoms with Crippen LogP contribution in [0.3, 0.4) is 0 Å². The third-order valence-electron chi connectivity index (χ3n) is 7.14. The zero-order valence-electron chi connectivity index (χ0n) is 18.4. The Labute approximate surface area is 184 Å². The van der Waals surface area contributed by atoms with Crippen LogP contribution in [0.15, 0.2) is 48.9 Å². The molecule has 1 saturated heterocycles. The summed E-state index contributed by atoms with van der Waals surface area (Å²) >= 11 is 0. The van der Waals surface area contributed by atoms with E-state index in [4.69, 9.17) is 4.74 Å². The van der Waals surface area contributed by atoms with E-state index in [1.165, 1.54) is 0 Å². The molecule has 4 rings (SSSR count). The van der Waals surface area contributed by atoms with Gasteiger partial charge in [-0.15, -0.1) is 0 Å². The number of esters is 1. The number of piperidine rings is 1. The molecule has 6 nitrogen and oxygen atoms in total. The molecule has 1 aliphatic carbocycles. The molecule has 1 N–H and O–H groups in total. The van der Waals surface area contributed by atoms with Crippen LogP contribution in [0, 0.1) is 5.92 Å². The van der Waals surface area contributed by atoms with Gasteiger partial charge in [-0.3, -0.25) is 9.97 Å². The standard InChI is InChI=1S/C25H34N3O3/c1-28(17-13-22-18-26-14-15-27-22)16-7-12-23(19-28)31-24(29)25(30,21-10-5-6-11-21)20-8-3-2-4-9-20/h2-4,8-9,14-15,18,21,23,30H,5-7,10-13,16-17,19H2,1H3/q+1/t23?,25?,28-/m1/s1. The van der Waals surface area contributed by atoms with Gasteiger partial charge in [-0.1, -0.05) is 43.2 Å². The van der Waals surface area contributed by atoms with Gasteiger partial charge in [0.05, 0.1) is 25.8 Å². The molecule has 6 heteroatoms. The lowest BCUT2D eigenvalue weighted by molar-refractivity contribution is -0.916. The molecule has 2 aliphatic rings. The first-order valence-corrected chi connectivity index (χ1v) is 11.6. The van der Waals surface area contributed by atoms with Crippen molar-refractivity contribution in [3.05, 3.63) is 60.2 Å². The van der Waals surface area contributed by atoms with Gasteiger partial charge in [0, 0.05) is 37.4 Å². The quantitative estimate of drug-likeness (QED) is 0.546. The van der Waals surface area contributed by atoms with Crippen molar-refractivity contribution in [3.8, 4) is 0 Å². The summed E-state index contributed by atoms with van der Waals surface area (Å²) in [6, 6.07) is 9.36. The fourth-order valence-corrected chi connectivity index (χ4v) is 5.31. The minimum Gasteiger partial charge on any atom is -0.454 e. The number of ether oxygens (including phenoxy) is 1. The molecule has 2 aromatic rings. The maximum atomic E-state index is 13.4. The lowest BCUT2D eigenvalue weighted by Gasteiger charge is -2.42. The van der Waals surface area contributed by atoms with E-state index in [-0.39, 0.29) is 12.0 Å². The maximum Gasteiger partial charge on any atom is 0.343 e. The van der Waals surface area contributed by atoms with E-state index in [1.54, 1.807) is 12.4 Å². The number of aromatic nitrogens is 2. The molecule has 1 aliphatic heterocycles. The number of benzene rings is 1. The third-order valence-corrected chi connectivity index (χ3v) is 7.14. The zero-order chi connectivity index (χ0) is 21.7. The van der Waals surface area contributed by atoms with Crippen LogP contribution >= 0.6 is 0 Å². The number of hydrogen-bond acceptors (Lipinski definition) is 5. The first-order valence-electron chi connectivity index (χ1n) is 11.6. The van der Waals surface area contributed by atoms with Crippen LogP contribution in [0.5, 0.6) is 0 Å². The van der Waals surface area contributed by atoms with Gasteiger partial charge in [-0.25, -0.2) is 4.79 Å². The molecular formula is C25H34N3O3+. The Morgan fingerprint density at radius 3 is 2.65 bits per heavy atom. The monoisotopic (exact) mass is 424 g/mol. The Hall–Kier alpha value is -2.31. The van der Waals surface area contributed by atoms with Gasteiger partial charge in [0.2, 0.25) is 0 Å². The molecule has 1 saturated carbocycles. The Morgan fingerprint density at radius 1 is 1.16 bits per heavy atom. The van der Waals surface area contributed by atoms with E-state index in [2.05, 4.69) is 17.0 Å². The smallest absolute Gasteiger partial charge is 0.343 e. The number of aliphatic hydroxyl groups is 1. The van der Waals surface area contributed by atoms with Gasteiger partial charge in [-0.05, 0) is 24.8 Å². The van der Waals surface area contributed by atoms with Gasteiger partial charge < -0.3 is 14.3 Å². The predicted octanol–water partition coefficient (Wildman–Crippen LogP) is 3.25. The lowest BCUT2D eigenvalue weighted by atomic mass is 9.80. The van der Waals surface area contributed by atoms with Crippen molar-refractivity contribution in [3.63, 3.8) is 0 Å². The van der Waals surface area contributed by atoms with Gasteiger partial charge in [0.1, 0.15) is 6.54 Å². The highest BCUT2D eigenvalue weighted by Gasteiger charge is 2.49. The van der Waals surface area contributed by atoms with Crippen molar-refractivity contribution < 1.29 is 19.1 Å². The molecule has 3 atom stereocenters. The highest BCUT2D eigenvalue weighted by Crippen LogP contribution is 2.42. The summed E-state index contributed by atoms with van der Waals surface area (Å²) in [6.07, 6.45) is 11.6. The van der Waals surface area contributed by atoms with Crippen LogP contribution in [0.4, 0.5) is 0 Å². The van der Waals surface area contributed by atoms with Crippen molar-refractivity contribution in [2.75, 3.05) is 26.7 Å².